The number of carbonyl (C=O) groups excluding carboxylic acids is 1. The van der Waals surface area contributed by atoms with Crippen molar-refractivity contribution in [3.63, 3.8) is 0 Å². The van der Waals surface area contributed by atoms with Crippen molar-refractivity contribution in [3.05, 3.63) is 54.1 Å². The average molecular weight is 312 g/mol. The highest BCUT2D eigenvalue weighted by Gasteiger charge is 2.34. The number of hydrogen-bond acceptors (Lipinski definition) is 3. The monoisotopic (exact) mass is 312 g/mol. The molecule has 2 aromatic rings. The van der Waals surface area contributed by atoms with Gasteiger partial charge in [0.25, 0.3) is 0 Å². The predicted octanol–water partition coefficient (Wildman–Crippen LogP) is 2.71. The quantitative estimate of drug-likeness (QED) is 0.862. The van der Waals surface area contributed by atoms with Gasteiger partial charge in [0.05, 0.1) is 13.2 Å². The Balaban J connectivity index is 2.29. The second-order valence-corrected chi connectivity index (χ2v) is 6.15. The SMILES string of the molecule is CN[C@H](C(N)=O)C(C)(C)c1ccc(-c2ccc(OC)cc2)cc1. The summed E-state index contributed by atoms with van der Waals surface area (Å²) in [6, 6.07) is 15.7. The number of ether oxygens (including phenoxy) is 1. The number of primary amides is 1. The van der Waals surface area contributed by atoms with Crippen LogP contribution in [0.4, 0.5) is 0 Å². The van der Waals surface area contributed by atoms with Crippen molar-refractivity contribution < 1.29 is 9.53 Å². The minimum Gasteiger partial charge on any atom is -0.497 e. The molecule has 0 bridgehead atoms. The molecule has 0 radical (unpaired) electrons. The molecule has 4 nitrogen and oxygen atoms in total. The van der Waals surface area contributed by atoms with E-state index in [2.05, 4.69) is 17.4 Å². The highest BCUT2D eigenvalue weighted by Crippen LogP contribution is 2.30. The van der Waals surface area contributed by atoms with Gasteiger partial charge in [-0.05, 0) is 35.9 Å². The lowest BCUT2D eigenvalue weighted by Gasteiger charge is -2.32. The summed E-state index contributed by atoms with van der Waals surface area (Å²) in [4.78, 5) is 11.6. The zero-order chi connectivity index (χ0) is 17.0. The summed E-state index contributed by atoms with van der Waals surface area (Å²) in [5.41, 5.74) is 8.42. The number of carbonyl (C=O) groups is 1. The molecule has 0 heterocycles. The molecule has 0 fully saturated rings. The molecule has 0 unspecified atom stereocenters. The van der Waals surface area contributed by atoms with Crippen LogP contribution >= 0.6 is 0 Å². The van der Waals surface area contributed by atoms with Crippen LogP contribution < -0.4 is 15.8 Å². The first-order chi connectivity index (χ1) is 10.9. The molecule has 3 N–H and O–H groups in total. The van der Waals surface area contributed by atoms with E-state index < -0.39 is 6.04 Å². The smallest absolute Gasteiger partial charge is 0.235 e. The third kappa shape index (κ3) is 3.54. The van der Waals surface area contributed by atoms with Gasteiger partial charge in [-0.2, -0.15) is 0 Å². The van der Waals surface area contributed by atoms with E-state index in [4.69, 9.17) is 10.5 Å². The summed E-state index contributed by atoms with van der Waals surface area (Å²) in [7, 11) is 3.41. The molecule has 2 aromatic carbocycles. The van der Waals surface area contributed by atoms with Crippen LogP contribution in [-0.4, -0.2) is 26.1 Å². The van der Waals surface area contributed by atoms with E-state index in [0.717, 1.165) is 22.4 Å². The van der Waals surface area contributed by atoms with Crippen LogP contribution in [0.1, 0.15) is 19.4 Å². The van der Waals surface area contributed by atoms with Crippen molar-refractivity contribution in [2.75, 3.05) is 14.2 Å². The van der Waals surface area contributed by atoms with Gasteiger partial charge in [0, 0.05) is 5.41 Å². The minimum absolute atomic E-state index is 0.350. The van der Waals surface area contributed by atoms with Crippen LogP contribution in [-0.2, 0) is 10.2 Å². The Hall–Kier alpha value is -2.33. The highest BCUT2D eigenvalue weighted by molar-refractivity contribution is 5.82. The second-order valence-electron chi connectivity index (χ2n) is 6.15. The number of benzene rings is 2. The Morgan fingerprint density at radius 1 is 1.04 bits per heavy atom. The summed E-state index contributed by atoms with van der Waals surface area (Å²) in [6.07, 6.45) is 0. The average Bonchev–Trinajstić information content (AvgIpc) is 2.55. The number of likely N-dealkylation sites (N-methyl/N-ethyl adjacent to an activating group) is 1. The van der Waals surface area contributed by atoms with E-state index in [-0.39, 0.29) is 11.3 Å². The first-order valence-corrected chi connectivity index (χ1v) is 7.61. The van der Waals surface area contributed by atoms with Crippen molar-refractivity contribution in [2.45, 2.75) is 25.3 Å². The van der Waals surface area contributed by atoms with E-state index in [1.54, 1.807) is 14.2 Å². The number of methoxy groups -OCH3 is 1. The highest BCUT2D eigenvalue weighted by atomic mass is 16.5. The molecule has 1 amide bonds. The molecule has 0 aliphatic rings. The van der Waals surface area contributed by atoms with Crippen LogP contribution in [0.15, 0.2) is 48.5 Å². The van der Waals surface area contributed by atoms with E-state index in [0.29, 0.717) is 0 Å². The van der Waals surface area contributed by atoms with Crippen LogP contribution in [0.2, 0.25) is 0 Å². The van der Waals surface area contributed by atoms with Crippen LogP contribution in [0.5, 0.6) is 5.75 Å². The van der Waals surface area contributed by atoms with Gasteiger partial charge < -0.3 is 15.8 Å². The van der Waals surface area contributed by atoms with Crippen molar-refractivity contribution in [2.24, 2.45) is 5.73 Å². The third-order valence-corrected chi connectivity index (χ3v) is 4.35. The van der Waals surface area contributed by atoms with Crippen LogP contribution in [0.3, 0.4) is 0 Å². The van der Waals surface area contributed by atoms with Crippen molar-refractivity contribution >= 4 is 5.91 Å². The van der Waals surface area contributed by atoms with E-state index in [9.17, 15) is 4.79 Å². The van der Waals surface area contributed by atoms with E-state index in [1.165, 1.54) is 0 Å². The van der Waals surface area contributed by atoms with E-state index in [1.807, 2.05) is 50.2 Å². The van der Waals surface area contributed by atoms with Crippen LogP contribution in [0, 0.1) is 0 Å². The molecule has 0 saturated heterocycles. The van der Waals surface area contributed by atoms with Gasteiger partial charge >= 0.3 is 0 Å². The molecule has 23 heavy (non-hydrogen) atoms. The summed E-state index contributed by atoms with van der Waals surface area (Å²) >= 11 is 0. The summed E-state index contributed by atoms with van der Waals surface area (Å²) in [5, 5.41) is 3.01. The number of nitrogens with one attached hydrogen (secondary N) is 1. The van der Waals surface area contributed by atoms with Gasteiger partial charge in [-0.3, -0.25) is 4.79 Å². The Morgan fingerprint density at radius 2 is 1.52 bits per heavy atom. The summed E-state index contributed by atoms with van der Waals surface area (Å²) in [5.74, 6) is 0.488. The summed E-state index contributed by atoms with van der Waals surface area (Å²) in [6.45, 7) is 4.03. The Morgan fingerprint density at radius 3 is 1.91 bits per heavy atom. The molecule has 0 aromatic heterocycles. The first-order valence-electron chi connectivity index (χ1n) is 7.61. The summed E-state index contributed by atoms with van der Waals surface area (Å²) < 4.78 is 5.18. The van der Waals surface area contributed by atoms with E-state index >= 15 is 0 Å². The maximum atomic E-state index is 11.6. The molecular weight excluding hydrogens is 288 g/mol. The molecule has 1 atom stereocenters. The number of rotatable bonds is 6. The fraction of sp³-hybridized carbons (Fsp3) is 0.316. The topological polar surface area (TPSA) is 64.3 Å². The molecule has 2 rings (SSSR count). The lowest BCUT2D eigenvalue weighted by Crippen LogP contribution is -2.51. The molecule has 0 spiro atoms. The molecule has 0 aliphatic carbocycles. The number of amides is 1. The molecule has 122 valence electrons. The zero-order valence-corrected chi connectivity index (χ0v) is 14.1. The Bertz CT molecular complexity index is 661. The van der Waals surface area contributed by atoms with Gasteiger partial charge in [0.2, 0.25) is 5.91 Å². The van der Waals surface area contributed by atoms with Crippen LogP contribution in [0.25, 0.3) is 11.1 Å². The fourth-order valence-electron chi connectivity index (χ4n) is 2.90. The van der Waals surface area contributed by atoms with Crippen molar-refractivity contribution in [1.29, 1.82) is 0 Å². The zero-order valence-electron chi connectivity index (χ0n) is 14.1. The van der Waals surface area contributed by atoms with Crippen molar-refractivity contribution in [1.82, 2.24) is 5.32 Å². The maximum absolute atomic E-state index is 11.6. The predicted molar refractivity (Wildman–Crippen MR) is 93.5 cm³/mol. The third-order valence-electron chi connectivity index (χ3n) is 4.35. The molecule has 0 saturated carbocycles. The Kier molecular flexibility index (Phi) is 5.06. The van der Waals surface area contributed by atoms with Gasteiger partial charge in [-0.15, -0.1) is 0 Å². The largest absolute Gasteiger partial charge is 0.497 e. The first kappa shape index (κ1) is 17.0. The fourth-order valence-corrected chi connectivity index (χ4v) is 2.90. The maximum Gasteiger partial charge on any atom is 0.235 e. The van der Waals surface area contributed by atoms with Gasteiger partial charge in [-0.25, -0.2) is 0 Å². The molecule has 0 aliphatic heterocycles. The lowest BCUT2D eigenvalue weighted by molar-refractivity contribution is -0.121. The van der Waals surface area contributed by atoms with Gasteiger partial charge in [0.1, 0.15) is 5.75 Å². The minimum atomic E-state index is -0.422. The number of nitrogens with two attached hydrogens (primary N) is 1. The normalized spacial score (nSPS) is 12.7. The van der Waals surface area contributed by atoms with Gasteiger partial charge in [0.15, 0.2) is 0 Å². The lowest BCUT2D eigenvalue weighted by atomic mass is 9.77. The van der Waals surface area contributed by atoms with Gasteiger partial charge in [-0.1, -0.05) is 50.2 Å². The Labute approximate surface area is 137 Å². The molecular formula is C19H24N2O2. The second kappa shape index (κ2) is 6.84. The van der Waals surface area contributed by atoms with Crippen molar-refractivity contribution in [3.8, 4) is 16.9 Å². The molecule has 4 heteroatoms. The standard InChI is InChI=1S/C19H24N2O2/c1-19(2,17(21-3)18(20)22)15-9-5-13(6-10-15)14-7-11-16(23-4)12-8-14/h5-12,17,21H,1-4H3,(H2,20,22)/t17-/m1/s1. The number of hydrogen-bond donors (Lipinski definition) is 2.